The van der Waals surface area contributed by atoms with E-state index in [0.717, 1.165) is 24.7 Å². The molecule has 0 saturated carbocycles. The predicted molar refractivity (Wildman–Crippen MR) is 130 cm³/mol. The van der Waals surface area contributed by atoms with Crippen LogP contribution in [0.15, 0.2) is 54.9 Å². The molecular formula is C25H22F2N8O. The summed E-state index contributed by atoms with van der Waals surface area (Å²) in [6, 6.07) is 10.7. The lowest BCUT2D eigenvalue weighted by Gasteiger charge is -2.13. The van der Waals surface area contributed by atoms with E-state index >= 15 is 0 Å². The number of fused-ring (bicyclic) bond motifs is 2. The fraction of sp³-hybridized carbons (Fsp3) is 0.240. The first-order valence-electron chi connectivity index (χ1n) is 11.6. The van der Waals surface area contributed by atoms with E-state index in [0.29, 0.717) is 58.7 Å². The molecule has 5 aromatic rings. The summed E-state index contributed by atoms with van der Waals surface area (Å²) in [5.41, 5.74) is 3.41. The van der Waals surface area contributed by atoms with E-state index in [4.69, 9.17) is 4.74 Å². The highest BCUT2D eigenvalue weighted by molar-refractivity contribution is 5.87. The van der Waals surface area contributed by atoms with Crippen molar-refractivity contribution in [2.75, 3.05) is 18.5 Å². The third-order valence-electron chi connectivity index (χ3n) is 6.09. The molecule has 6 rings (SSSR count). The first kappa shape index (κ1) is 22.2. The molecule has 1 saturated heterocycles. The molecule has 11 heteroatoms. The molecule has 1 atom stereocenters. The largest absolute Gasteiger partial charge is 0.490 e. The lowest BCUT2D eigenvalue weighted by molar-refractivity contribution is 0.276. The minimum absolute atomic E-state index is 0.293. The number of halogens is 2. The number of hydrogen-bond donors (Lipinski definition) is 2. The third kappa shape index (κ3) is 4.52. The third-order valence-corrected chi connectivity index (χ3v) is 6.09. The van der Waals surface area contributed by atoms with E-state index < -0.39 is 11.6 Å². The average molecular weight is 489 g/mol. The number of ether oxygens (including phenoxy) is 1. The molecule has 36 heavy (non-hydrogen) atoms. The van der Waals surface area contributed by atoms with Crippen molar-refractivity contribution in [1.29, 1.82) is 0 Å². The molecule has 182 valence electrons. The van der Waals surface area contributed by atoms with Crippen LogP contribution in [0, 0.1) is 11.6 Å². The lowest BCUT2D eigenvalue weighted by Crippen LogP contribution is -2.28. The van der Waals surface area contributed by atoms with Gasteiger partial charge in [-0.3, -0.25) is 4.98 Å². The second-order valence-electron chi connectivity index (χ2n) is 8.62. The summed E-state index contributed by atoms with van der Waals surface area (Å²) in [6.45, 7) is 1.92. The van der Waals surface area contributed by atoms with Gasteiger partial charge in [0.15, 0.2) is 11.5 Å². The summed E-state index contributed by atoms with van der Waals surface area (Å²) in [5.74, 6) is -0.135. The summed E-state index contributed by atoms with van der Waals surface area (Å²) >= 11 is 0. The Morgan fingerprint density at radius 3 is 2.78 bits per heavy atom. The average Bonchev–Trinajstić information content (AvgIpc) is 3.55. The Kier molecular flexibility index (Phi) is 5.82. The number of anilines is 1. The molecule has 0 spiro atoms. The highest BCUT2D eigenvalue weighted by Crippen LogP contribution is 2.24. The zero-order valence-corrected chi connectivity index (χ0v) is 19.2. The number of rotatable bonds is 7. The SMILES string of the molecule is Fc1cc(F)cc(-c2ccc3nnc(CNc4ccnc5cc(OC[C@H]6CCCN6)cnc45)n3n2)c1. The molecule has 0 unspecified atom stereocenters. The molecule has 1 aromatic carbocycles. The van der Waals surface area contributed by atoms with E-state index in [2.05, 4.69) is 35.9 Å². The smallest absolute Gasteiger partial charge is 0.178 e. The van der Waals surface area contributed by atoms with Gasteiger partial charge in [0.25, 0.3) is 0 Å². The highest BCUT2D eigenvalue weighted by Gasteiger charge is 2.15. The molecule has 5 heterocycles. The van der Waals surface area contributed by atoms with Crippen LogP contribution in [-0.2, 0) is 6.54 Å². The van der Waals surface area contributed by atoms with Gasteiger partial charge in [-0.2, -0.15) is 9.61 Å². The van der Waals surface area contributed by atoms with E-state index in [9.17, 15) is 8.78 Å². The number of pyridine rings is 2. The Balaban J connectivity index is 1.22. The van der Waals surface area contributed by atoms with Gasteiger partial charge < -0.3 is 15.4 Å². The Morgan fingerprint density at radius 1 is 1.06 bits per heavy atom. The minimum atomic E-state index is -0.668. The molecule has 1 aliphatic rings. The summed E-state index contributed by atoms with van der Waals surface area (Å²) in [5, 5.41) is 19.6. The van der Waals surface area contributed by atoms with E-state index in [1.54, 1.807) is 29.0 Å². The summed E-state index contributed by atoms with van der Waals surface area (Å²) in [6.07, 6.45) is 5.68. The van der Waals surface area contributed by atoms with Crippen molar-refractivity contribution >= 4 is 22.4 Å². The summed E-state index contributed by atoms with van der Waals surface area (Å²) in [7, 11) is 0. The van der Waals surface area contributed by atoms with Crippen LogP contribution in [0.2, 0.25) is 0 Å². The Morgan fingerprint density at radius 2 is 1.94 bits per heavy atom. The quantitative estimate of drug-likeness (QED) is 0.357. The van der Waals surface area contributed by atoms with Crippen molar-refractivity contribution in [1.82, 2.24) is 35.1 Å². The molecule has 0 aliphatic carbocycles. The number of hydrogen-bond acceptors (Lipinski definition) is 8. The maximum atomic E-state index is 13.7. The van der Waals surface area contributed by atoms with Crippen molar-refractivity contribution in [2.24, 2.45) is 0 Å². The molecular weight excluding hydrogens is 466 g/mol. The van der Waals surface area contributed by atoms with Crippen molar-refractivity contribution in [3.8, 4) is 17.0 Å². The van der Waals surface area contributed by atoms with Gasteiger partial charge in [0.1, 0.15) is 29.5 Å². The van der Waals surface area contributed by atoms with Crippen LogP contribution < -0.4 is 15.4 Å². The van der Waals surface area contributed by atoms with Crippen molar-refractivity contribution < 1.29 is 13.5 Å². The maximum absolute atomic E-state index is 13.7. The van der Waals surface area contributed by atoms with Gasteiger partial charge in [-0.15, -0.1) is 10.2 Å². The van der Waals surface area contributed by atoms with Crippen LogP contribution in [-0.4, -0.2) is 49.0 Å². The van der Waals surface area contributed by atoms with E-state index in [1.807, 2.05) is 12.1 Å². The number of aromatic nitrogens is 6. The Hall–Kier alpha value is -4.25. The van der Waals surface area contributed by atoms with E-state index in [-0.39, 0.29) is 0 Å². The second-order valence-corrected chi connectivity index (χ2v) is 8.62. The van der Waals surface area contributed by atoms with Gasteiger partial charge in [-0.25, -0.2) is 13.8 Å². The predicted octanol–water partition coefficient (Wildman–Crippen LogP) is 3.76. The topological polar surface area (TPSA) is 102 Å². The van der Waals surface area contributed by atoms with Gasteiger partial charge in [-0.05, 0) is 49.7 Å². The van der Waals surface area contributed by atoms with Crippen molar-refractivity contribution in [2.45, 2.75) is 25.4 Å². The standard InChI is InChI=1S/C25H22F2N8O/c26-16-8-15(9-17(27)10-16)20-3-4-23-32-33-24(35(23)34-20)13-30-21-5-7-29-22-11-19(12-31-25(21)22)36-14-18-2-1-6-28-18/h3-5,7-12,18,28H,1-2,6,13-14H2,(H,29,30)/t18-/m1/s1. The molecule has 4 aromatic heterocycles. The van der Waals surface area contributed by atoms with Crippen LogP contribution in [0.25, 0.3) is 27.9 Å². The number of nitrogens with one attached hydrogen (secondary N) is 2. The number of benzene rings is 1. The number of nitrogens with zero attached hydrogens (tertiary/aromatic N) is 6. The molecule has 0 radical (unpaired) electrons. The molecule has 2 N–H and O–H groups in total. The zero-order valence-electron chi connectivity index (χ0n) is 19.2. The fourth-order valence-corrected chi connectivity index (χ4v) is 4.30. The van der Waals surface area contributed by atoms with Crippen LogP contribution in [0.3, 0.4) is 0 Å². The van der Waals surface area contributed by atoms with Gasteiger partial charge in [0, 0.05) is 29.9 Å². The molecule has 9 nitrogen and oxygen atoms in total. The van der Waals surface area contributed by atoms with Crippen LogP contribution in [0.1, 0.15) is 18.7 Å². The first-order valence-corrected chi connectivity index (χ1v) is 11.6. The van der Waals surface area contributed by atoms with Gasteiger partial charge in [0.2, 0.25) is 0 Å². The van der Waals surface area contributed by atoms with Gasteiger partial charge >= 0.3 is 0 Å². The zero-order chi connectivity index (χ0) is 24.5. The first-order chi connectivity index (χ1) is 17.6. The van der Waals surface area contributed by atoms with Crippen molar-refractivity contribution in [3.63, 3.8) is 0 Å². The molecule has 1 fully saturated rings. The van der Waals surface area contributed by atoms with Crippen LogP contribution >= 0.6 is 0 Å². The Labute approximate surface area is 204 Å². The molecule has 1 aliphatic heterocycles. The van der Waals surface area contributed by atoms with Crippen LogP contribution in [0.5, 0.6) is 5.75 Å². The van der Waals surface area contributed by atoms with E-state index in [1.165, 1.54) is 18.6 Å². The normalized spacial score (nSPS) is 15.6. The Bertz CT molecular complexity index is 1530. The fourth-order valence-electron chi connectivity index (χ4n) is 4.30. The minimum Gasteiger partial charge on any atom is -0.490 e. The van der Waals surface area contributed by atoms with Crippen LogP contribution in [0.4, 0.5) is 14.5 Å². The molecule has 0 bridgehead atoms. The monoisotopic (exact) mass is 488 g/mol. The maximum Gasteiger partial charge on any atom is 0.178 e. The van der Waals surface area contributed by atoms with Crippen molar-refractivity contribution in [3.05, 3.63) is 72.3 Å². The molecule has 0 amide bonds. The second kappa shape index (κ2) is 9.42. The van der Waals surface area contributed by atoms with Gasteiger partial charge in [0.05, 0.1) is 29.6 Å². The highest BCUT2D eigenvalue weighted by atomic mass is 19.1. The summed E-state index contributed by atoms with van der Waals surface area (Å²) < 4.78 is 34.8. The van der Waals surface area contributed by atoms with Gasteiger partial charge in [-0.1, -0.05) is 0 Å². The lowest BCUT2D eigenvalue weighted by atomic mass is 10.1. The summed E-state index contributed by atoms with van der Waals surface area (Å²) in [4.78, 5) is 8.99.